The van der Waals surface area contributed by atoms with Crippen LogP contribution in [0.1, 0.15) is 11.1 Å². The first-order valence-corrected chi connectivity index (χ1v) is 7.94. The summed E-state index contributed by atoms with van der Waals surface area (Å²) >= 11 is 5.97. The molecule has 0 radical (unpaired) electrons. The summed E-state index contributed by atoms with van der Waals surface area (Å²) in [4.78, 5) is 12.9. The fraction of sp³-hybridized carbons (Fsp3) is 0.235. The molecular formula is C17H18ClN5O2. The molecule has 0 atom stereocenters. The minimum Gasteiger partial charge on any atom is -0.497 e. The Morgan fingerprint density at radius 3 is 2.60 bits per heavy atom. The van der Waals surface area contributed by atoms with Crippen molar-refractivity contribution in [2.75, 3.05) is 25.3 Å². The van der Waals surface area contributed by atoms with Crippen LogP contribution in [-0.2, 0) is 6.54 Å². The van der Waals surface area contributed by atoms with Gasteiger partial charge in [0.1, 0.15) is 22.2 Å². The van der Waals surface area contributed by atoms with Crippen molar-refractivity contribution in [2.45, 2.75) is 13.5 Å². The van der Waals surface area contributed by atoms with Crippen molar-refractivity contribution in [3.05, 3.63) is 40.5 Å². The van der Waals surface area contributed by atoms with Gasteiger partial charge in [-0.1, -0.05) is 11.6 Å². The number of benzene rings is 1. The van der Waals surface area contributed by atoms with Gasteiger partial charge in [-0.25, -0.2) is 9.97 Å². The average molecular weight is 360 g/mol. The second-order valence-electron chi connectivity index (χ2n) is 5.42. The van der Waals surface area contributed by atoms with E-state index in [0.717, 1.165) is 16.9 Å². The van der Waals surface area contributed by atoms with Crippen molar-refractivity contribution in [1.82, 2.24) is 15.0 Å². The zero-order valence-electron chi connectivity index (χ0n) is 14.1. The molecule has 130 valence electrons. The first kappa shape index (κ1) is 17.0. The van der Waals surface area contributed by atoms with Crippen LogP contribution in [0.4, 0.5) is 11.8 Å². The van der Waals surface area contributed by atoms with Gasteiger partial charge in [0.2, 0.25) is 5.95 Å². The Morgan fingerprint density at radius 1 is 1.08 bits per heavy atom. The molecule has 0 unspecified atom stereocenters. The Morgan fingerprint density at radius 2 is 1.88 bits per heavy atom. The molecule has 0 spiro atoms. The molecule has 0 aliphatic heterocycles. The number of nitrogens with two attached hydrogens (primary N) is 1. The van der Waals surface area contributed by atoms with Gasteiger partial charge in [-0.15, -0.1) is 0 Å². The fourth-order valence-electron chi connectivity index (χ4n) is 2.49. The number of fused-ring (bicyclic) bond motifs is 1. The molecule has 3 rings (SSSR count). The molecule has 3 aromatic rings. The number of hydrogen-bond acceptors (Lipinski definition) is 7. The number of methoxy groups -OCH3 is 2. The molecule has 8 heteroatoms. The summed E-state index contributed by atoms with van der Waals surface area (Å²) in [6.07, 6.45) is 0. The van der Waals surface area contributed by atoms with Gasteiger partial charge in [-0.3, -0.25) is 0 Å². The van der Waals surface area contributed by atoms with Gasteiger partial charge < -0.3 is 20.5 Å². The second kappa shape index (κ2) is 6.98. The Balaban J connectivity index is 1.89. The van der Waals surface area contributed by atoms with Gasteiger partial charge >= 0.3 is 0 Å². The first-order chi connectivity index (χ1) is 12.0. The van der Waals surface area contributed by atoms with E-state index >= 15 is 0 Å². The summed E-state index contributed by atoms with van der Waals surface area (Å²) in [7, 11) is 3.22. The summed E-state index contributed by atoms with van der Waals surface area (Å²) in [5.74, 6) is 2.13. The second-order valence-corrected chi connectivity index (χ2v) is 5.81. The first-order valence-electron chi connectivity index (χ1n) is 7.57. The van der Waals surface area contributed by atoms with E-state index in [2.05, 4.69) is 20.3 Å². The molecule has 0 saturated carbocycles. The predicted octanol–water partition coefficient (Wildman–Crippen LogP) is 3.20. The number of aromatic nitrogens is 3. The summed E-state index contributed by atoms with van der Waals surface area (Å²) in [6.45, 7) is 2.37. The van der Waals surface area contributed by atoms with E-state index in [1.807, 2.05) is 25.1 Å². The lowest BCUT2D eigenvalue weighted by Gasteiger charge is -2.12. The van der Waals surface area contributed by atoms with Crippen LogP contribution in [-0.4, -0.2) is 29.2 Å². The average Bonchev–Trinajstić information content (AvgIpc) is 2.60. The monoisotopic (exact) mass is 359 g/mol. The summed E-state index contributed by atoms with van der Waals surface area (Å²) in [5, 5.41) is 3.53. The van der Waals surface area contributed by atoms with E-state index in [9.17, 15) is 0 Å². The van der Waals surface area contributed by atoms with Crippen molar-refractivity contribution in [1.29, 1.82) is 0 Å². The molecule has 3 N–H and O–H groups in total. The Bertz CT molecular complexity index is 933. The van der Waals surface area contributed by atoms with Gasteiger partial charge in [0.15, 0.2) is 5.82 Å². The molecule has 0 amide bonds. The number of aryl methyl sites for hydroxylation is 1. The highest BCUT2D eigenvalue weighted by molar-refractivity contribution is 6.30. The number of pyridine rings is 1. The third-order valence-corrected chi connectivity index (χ3v) is 3.96. The van der Waals surface area contributed by atoms with E-state index in [1.165, 1.54) is 0 Å². The normalized spacial score (nSPS) is 10.7. The topological polar surface area (TPSA) is 95.2 Å². The molecule has 7 nitrogen and oxygen atoms in total. The van der Waals surface area contributed by atoms with E-state index in [1.54, 1.807) is 20.3 Å². The van der Waals surface area contributed by atoms with Crippen LogP contribution in [0.3, 0.4) is 0 Å². The smallest absolute Gasteiger partial charge is 0.225 e. The zero-order valence-corrected chi connectivity index (χ0v) is 14.9. The lowest BCUT2D eigenvalue weighted by molar-refractivity contribution is 0.391. The van der Waals surface area contributed by atoms with Gasteiger partial charge in [0.05, 0.1) is 19.7 Å². The van der Waals surface area contributed by atoms with Gasteiger partial charge in [-0.2, -0.15) is 4.98 Å². The molecule has 25 heavy (non-hydrogen) atoms. The Kier molecular flexibility index (Phi) is 4.76. The van der Waals surface area contributed by atoms with E-state index in [-0.39, 0.29) is 5.82 Å². The number of halogens is 1. The van der Waals surface area contributed by atoms with E-state index in [4.69, 9.17) is 26.8 Å². The van der Waals surface area contributed by atoms with Crippen molar-refractivity contribution in [2.24, 2.45) is 0 Å². The number of anilines is 2. The maximum absolute atomic E-state index is 6.00. The van der Waals surface area contributed by atoms with Crippen LogP contribution < -0.4 is 20.5 Å². The fourth-order valence-corrected chi connectivity index (χ4v) is 2.74. The lowest BCUT2D eigenvalue weighted by Crippen LogP contribution is -2.08. The van der Waals surface area contributed by atoms with Gasteiger partial charge in [-0.05, 0) is 30.7 Å². The Labute approximate surface area is 150 Å². The molecule has 0 saturated heterocycles. The van der Waals surface area contributed by atoms with Crippen molar-refractivity contribution < 1.29 is 9.47 Å². The van der Waals surface area contributed by atoms with Crippen LogP contribution in [0.2, 0.25) is 5.15 Å². The Hall–Kier alpha value is -2.80. The molecule has 0 bridgehead atoms. The number of rotatable bonds is 5. The molecule has 0 aliphatic rings. The molecule has 2 aromatic heterocycles. The van der Waals surface area contributed by atoms with Crippen molar-refractivity contribution in [3.63, 3.8) is 0 Å². The van der Waals surface area contributed by atoms with Crippen LogP contribution in [0, 0.1) is 6.92 Å². The highest BCUT2D eigenvalue weighted by atomic mass is 35.5. The lowest BCUT2D eigenvalue weighted by atomic mass is 10.2. The summed E-state index contributed by atoms with van der Waals surface area (Å²) in [5.41, 5.74) is 8.99. The number of ether oxygens (including phenoxy) is 2. The minimum atomic E-state index is 0.278. The van der Waals surface area contributed by atoms with Gasteiger partial charge in [0, 0.05) is 18.2 Å². The van der Waals surface area contributed by atoms with Crippen LogP contribution in [0.5, 0.6) is 11.5 Å². The number of hydrogen-bond donors (Lipinski definition) is 2. The SMILES string of the molecule is COc1ccc(CNc2nc(N)c3nc(Cl)cc(C)c3n2)c(OC)c1. The minimum absolute atomic E-state index is 0.278. The zero-order chi connectivity index (χ0) is 18.0. The van der Waals surface area contributed by atoms with Crippen molar-refractivity contribution in [3.8, 4) is 11.5 Å². The third-order valence-electron chi connectivity index (χ3n) is 3.77. The number of nitrogens with one attached hydrogen (secondary N) is 1. The summed E-state index contributed by atoms with van der Waals surface area (Å²) in [6, 6.07) is 7.35. The van der Waals surface area contributed by atoms with Crippen LogP contribution in [0.25, 0.3) is 11.0 Å². The molecule has 0 aliphatic carbocycles. The maximum Gasteiger partial charge on any atom is 0.225 e. The standard InChI is InChI=1S/C17H18ClN5O2/c1-9-6-13(18)21-15-14(9)22-17(23-16(15)19)20-8-10-4-5-11(24-2)7-12(10)25-3/h4-7H,8H2,1-3H3,(H3,19,20,22,23). The molecule has 2 heterocycles. The van der Waals surface area contributed by atoms with E-state index in [0.29, 0.717) is 34.4 Å². The third kappa shape index (κ3) is 3.51. The van der Waals surface area contributed by atoms with Crippen LogP contribution in [0.15, 0.2) is 24.3 Å². The number of nitrogen functional groups attached to an aromatic ring is 1. The van der Waals surface area contributed by atoms with Gasteiger partial charge in [0.25, 0.3) is 0 Å². The molecule has 0 fully saturated rings. The van der Waals surface area contributed by atoms with Crippen LogP contribution >= 0.6 is 11.6 Å². The van der Waals surface area contributed by atoms with E-state index < -0.39 is 0 Å². The summed E-state index contributed by atoms with van der Waals surface area (Å²) < 4.78 is 10.6. The highest BCUT2D eigenvalue weighted by Gasteiger charge is 2.11. The number of nitrogens with zero attached hydrogens (tertiary/aromatic N) is 3. The largest absolute Gasteiger partial charge is 0.497 e. The maximum atomic E-state index is 6.00. The van der Waals surface area contributed by atoms with Crippen molar-refractivity contribution >= 4 is 34.4 Å². The highest BCUT2D eigenvalue weighted by Crippen LogP contribution is 2.26. The molecule has 1 aromatic carbocycles. The quantitative estimate of drug-likeness (QED) is 0.675. The predicted molar refractivity (Wildman–Crippen MR) is 98.4 cm³/mol. The molecular weight excluding hydrogens is 342 g/mol.